The van der Waals surface area contributed by atoms with Gasteiger partial charge < -0.3 is 10.8 Å². The van der Waals surface area contributed by atoms with Gasteiger partial charge in [-0.05, 0) is 47.0 Å². The van der Waals surface area contributed by atoms with Gasteiger partial charge in [-0.15, -0.1) is 0 Å². The number of nitrogens with two attached hydrogens (primary N) is 1. The third-order valence-corrected chi connectivity index (χ3v) is 5.05. The van der Waals surface area contributed by atoms with Gasteiger partial charge in [0.25, 0.3) is 0 Å². The van der Waals surface area contributed by atoms with E-state index in [-0.39, 0.29) is 17.8 Å². The molecule has 0 fully saturated rings. The maximum absolute atomic E-state index is 13.9. The van der Waals surface area contributed by atoms with E-state index < -0.39 is 26.8 Å². The summed E-state index contributed by atoms with van der Waals surface area (Å²) in [4.78, 5) is -0.516. The van der Waals surface area contributed by atoms with Crippen molar-refractivity contribution in [3.8, 4) is 0 Å². The molecule has 21 heavy (non-hydrogen) atoms. The van der Waals surface area contributed by atoms with E-state index in [0.29, 0.717) is 5.56 Å². The highest BCUT2D eigenvalue weighted by Gasteiger charge is 2.22. The zero-order valence-corrected chi connectivity index (χ0v) is 12.8. The summed E-state index contributed by atoms with van der Waals surface area (Å²) in [5.41, 5.74) is 6.46. The fourth-order valence-corrected chi connectivity index (χ4v) is 3.74. The van der Waals surface area contributed by atoms with Gasteiger partial charge in [-0.3, -0.25) is 0 Å². The first kappa shape index (κ1) is 15.9. The Morgan fingerprint density at radius 1 is 1.48 bits per heavy atom. The SMILES string of the molecule is Cc1cc(N)cc(S(=O)(=O)NCC(O)c2ccsc2)c1F. The summed E-state index contributed by atoms with van der Waals surface area (Å²) in [5, 5.41) is 13.3. The normalized spacial score (nSPS) is 13.3. The Morgan fingerprint density at radius 2 is 2.19 bits per heavy atom. The number of halogens is 1. The summed E-state index contributed by atoms with van der Waals surface area (Å²) in [6.45, 7) is 1.19. The molecule has 5 nitrogen and oxygen atoms in total. The van der Waals surface area contributed by atoms with Crippen LogP contribution in [-0.2, 0) is 10.0 Å². The molecule has 0 amide bonds. The average Bonchev–Trinajstić information content (AvgIpc) is 2.94. The van der Waals surface area contributed by atoms with Crippen LogP contribution in [0.15, 0.2) is 33.9 Å². The molecule has 4 N–H and O–H groups in total. The maximum atomic E-state index is 13.9. The van der Waals surface area contributed by atoms with Gasteiger partial charge in [-0.1, -0.05) is 0 Å². The Morgan fingerprint density at radius 3 is 2.81 bits per heavy atom. The Bertz CT molecular complexity index is 730. The summed E-state index contributed by atoms with van der Waals surface area (Å²) in [6, 6.07) is 4.10. The summed E-state index contributed by atoms with van der Waals surface area (Å²) in [5.74, 6) is -0.846. The molecule has 1 atom stereocenters. The topological polar surface area (TPSA) is 92.4 Å². The monoisotopic (exact) mass is 330 g/mol. The lowest BCUT2D eigenvalue weighted by Crippen LogP contribution is -2.29. The number of thiophene rings is 1. The van der Waals surface area contributed by atoms with E-state index in [9.17, 15) is 17.9 Å². The molecule has 0 aliphatic heterocycles. The number of aryl methyl sites for hydroxylation is 1. The first-order chi connectivity index (χ1) is 9.81. The van der Waals surface area contributed by atoms with Crippen molar-refractivity contribution >= 4 is 27.0 Å². The van der Waals surface area contributed by atoms with Gasteiger partial charge in [-0.2, -0.15) is 11.3 Å². The van der Waals surface area contributed by atoms with Crippen LogP contribution in [0, 0.1) is 12.7 Å². The summed E-state index contributed by atoms with van der Waals surface area (Å²) >= 11 is 1.39. The minimum absolute atomic E-state index is 0.147. The zero-order valence-electron chi connectivity index (χ0n) is 11.2. The van der Waals surface area contributed by atoms with E-state index in [1.54, 1.807) is 16.8 Å². The lowest BCUT2D eigenvalue weighted by Gasteiger charge is -2.13. The number of hydrogen-bond donors (Lipinski definition) is 3. The molecule has 2 rings (SSSR count). The van der Waals surface area contributed by atoms with E-state index >= 15 is 0 Å². The molecule has 114 valence electrons. The molecule has 1 unspecified atom stereocenters. The summed E-state index contributed by atoms with van der Waals surface area (Å²) in [6.07, 6.45) is -0.990. The average molecular weight is 330 g/mol. The fraction of sp³-hybridized carbons (Fsp3) is 0.231. The molecule has 0 aliphatic rings. The number of rotatable bonds is 5. The van der Waals surface area contributed by atoms with Crippen molar-refractivity contribution in [3.63, 3.8) is 0 Å². The van der Waals surface area contributed by atoms with Crippen LogP contribution in [0.4, 0.5) is 10.1 Å². The molecule has 2 aromatic rings. The van der Waals surface area contributed by atoms with Crippen molar-refractivity contribution in [2.75, 3.05) is 12.3 Å². The molecule has 1 heterocycles. The largest absolute Gasteiger partial charge is 0.399 e. The second-order valence-electron chi connectivity index (χ2n) is 4.57. The van der Waals surface area contributed by atoms with Crippen molar-refractivity contribution in [1.82, 2.24) is 4.72 Å². The standard InChI is InChI=1S/C13H15FN2O3S2/c1-8-4-10(15)5-12(13(8)14)21(18,19)16-6-11(17)9-2-3-20-7-9/h2-5,7,11,16-17H,6,15H2,1H3. The third kappa shape index (κ3) is 3.59. The molecule has 1 aromatic heterocycles. The number of anilines is 1. The second kappa shape index (κ2) is 6.10. The van der Waals surface area contributed by atoms with Crippen LogP contribution in [0.1, 0.15) is 17.2 Å². The van der Waals surface area contributed by atoms with E-state index in [4.69, 9.17) is 5.73 Å². The first-order valence-corrected chi connectivity index (χ1v) is 8.49. The van der Waals surface area contributed by atoms with Crippen molar-refractivity contribution in [2.45, 2.75) is 17.9 Å². The van der Waals surface area contributed by atoms with Gasteiger partial charge in [0.05, 0.1) is 6.10 Å². The molecule has 0 spiro atoms. The van der Waals surface area contributed by atoms with Crippen LogP contribution in [0.25, 0.3) is 0 Å². The van der Waals surface area contributed by atoms with Crippen LogP contribution in [-0.4, -0.2) is 20.1 Å². The third-order valence-electron chi connectivity index (χ3n) is 2.93. The number of sulfonamides is 1. The van der Waals surface area contributed by atoms with E-state index in [1.807, 2.05) is 0 Å². The van der Waals surface area contributed by atoms with Crippen LogP contribution in [0.3, 0.4) is 0 Å². The number of nitrogen functional groups attached to an aromatic ring is 1. The Balaban J connectivity index is 2.19. The zero-order chi connectivity index (χ0) is 15.6. The Labute approximate surface area is 126 Å². The van der Waals surface area contributed by atoms with E-state index in [1.165, 1.54) is 24.3 Å². The fourth-order valence-electron chi connectivity index (χ4n) is 1.81. The minimum Gasteiger partial charge on any atom is -0.399 e. The van der Waals surface area contributed by atoms with Crippen LogP contribution >= 0.6 is 11.3 Å². The Hall–Kier alpha value is -1.48. The van der Waals surface area contributed by atoms with Crippen molar-refractivity contribution in [1.29, 1.82) is 0 Å². The number of nitrogens with one attached hydrogen (secondary N) is 1. The van der Waals surface area contributed by atoms with Crippen LogP contribution in [0.2, 0.25) is 0 Å². The molecule has 0 saturated carbocycles. The highest BCUT2D eigenvalue weighted by molar-refractivity contribution is 7.89. The molecular weight excluding hydrogens is 315 g/mol. The lowest BCUT2D eigenvalue weighted by atomic mass is 10.2. The van der Waals surface area contributed by atoms with Gasteiger partial charge >= 0.3 is 0 Å². The molecule has 0 saturated heterocycles. The first-order valence-electron chi connectivity index (χ1n) is 6.06. The van der Waals surface area contributed by atoms with Gasteiger partial charge in [0.15, 0.2) is 0 Å². The number of aliphatic hydroxyl groups excluding tert-OH is 1. The van der Waals surface area contributed by atoms with Crippen molar-refractivity contribution in [2.24, 2.45) is 0 Å². The quantitative estimate of drug-likeness (QED) is 0.729. The second-order valence-corrected chi connectivity index (χ2v) is 7.09. The van der Waals surface area contributed by atoms with Gasteiger partial charge in [-0.25, -0.2) is 17.5 Å². The van der Waals surface area contributed by atoms with Gasteiger partial charge in [0.1, 0.15) is 10.7 Å². The molecule has 0 radical (unpaired) electrons. The predicted octanol–water partition coefficient (Wildman–Crippen LogP) is 1.79. The molecule has 0 aliphatic carbocycles. The highest BCUT2D eigenvalue weighted by atomic mass is 32.2. The molecule has 1 aromatic carbocycles. The maximum Gasteiger partial charge on any atom is 0.243 e. The smallest absolute Gasteiger partial charge is 0.243 e. The molecule has 0 bridgehead atoms. The number of hydrogen-bond acceptors (Lipinski definition) is 5. The number of benzene rings is 1. The molecular formula is C13H15FN2O3S2. The lowest BCUT2D eigenvalue weighted by molar-refractivity contribution is 0.182. The summed E-state index contributed by atoms with van der Waals surface area (Å²) < 4.78 is 40.4. The minimum atomic E-state index is -4.08. The number of aliphatic hydroxyl groups is 1. The van der Waals surface area contributed by atoms with Crippen LogP contribution in [0.5, 0.6) is 0 Å². The summed E-state index contributed by atoms with van der Waals surface area (Å²) in [7, 11) is -4.08. The van der Waals surface area contributed by atoms with Gasteiger partial charge in [0, 0.05) is 12.2 Å². The van der Waals surface area contributed by atoms with E-state index in [2.05, 4.69) is 4.72 Å². The van der Waals surface area contributed by atoms with Crippen molar-refractivity contribution in [3.05, 3.63) is 45.9 Å². The van der Waals surface area contributed by atoms with Crippen LogP contribution < -0.4 is 10.5 Å². The predicted molar refractivity (Wildman–Crippen MR) is 80.0 cm³/mol. The Kier molecular flexibility index (Phi) is 4.62. The van der Waals surface area contributed by atoms with Crippen molar-refractivity contribution < 1.29 is 17.9 Å². The highest BCUT2D eigenvalue weighted by Crippen LogP contribution is 2.22. The van der Waals surface area contributed by atoms with Gasteiger partial charge in [0.2, 0.25) is 10.0 Å². The molecule has 8 heteroatoms. The van der Waals surface area contributed by atoms with E-state index in [0.717, 1.165) is 6.07 Å².